The zero-order valence-electron chi connectivity index (χ0n) is 13.7. The lowest BCUT2D eigenvalue weighted by atomic mass is 10.2. The van der Waals surface area contributed by atoms with Crippen LogP contribution in [0.2, 0.25) is 0 Å². The molecule has 0 aromatic heterocycles. The van der Waals surface area contributed by atoms with Gasteiger partial charge in [0.1, 0.15) is 0 Å². The molecule has 1 saturated heterocycles. The maximum atomic E-state index is 12.0. The molecule has 0 saturated carbocycles. The Morgan fingerprint density at radius 2 is 2.00 bits per heavy atom. The van der Waals surface area contributed by atoms with Crippen molar-refractivity contribution in [1.29, 1.82) is 0 Å². The number of carbonyl (C=O) groups is 1. The average molecular weight is 303 g/mol. The van der Waals surface area contributed by atoms with Crippen LogP contribution in [0.1, 0.15) is 32.3 Å². The molecule has 120 valence electrons. The molecule has 1 aromatic rings. The third kappa shape index (κ3) is 4.52. The van der Waals surface area contributed by atoms with E-state index in [1.54, 1.807) is 13.2 Å². The van der Waals surface area contributed by atoms with Gasteiger partial charge in [-0.15, -0.1) is 0 Å². The van der Waals surface area contributed by atoms with Crippen LogP contribution >= 0.6 is 0 Å². The number of likely N-dealkylation sites (tertiary alicyclic amines) is 1. The van der Waals surface area contributed by atoms with Gasteiger partial charge in [-0.2, -0.15) is 0 Å². The molecule has 0 radical (unpaired) electrons. The summed E-state index contributed by atoms with van der Waals surface area (Å²) in [4.78, 5) is 13.9. The van der Waals surface area contributed by atoms with E-state index in [0.29, 0.717) is 18.3 Å². The normalized spacial score (nSPS) is 14.8. The van der Waals surface area contributed by atoms with E-state index in [9.17, 15) is 4.79 Å². The van der Waals surface area contributed by atoms with Gasteiger partial charge < -0.3 is 14.4 Å². The Morgan fingerprint density at radius 1 is 1.27 bits per heavy atom. The number of methoxy groups -OCH3 is 1. The first-order valence-corrected chi connectivity index (χ1v) is 7.88. The maximum Gasteiger partial charge on any atom is 0.246 e. The summed E-state index contributed by atoms with van der Waals surface area (Å²) in [6, 6.07) is 5.72. The molecule has 1 aliphatic rings. The van der Waals surface area contributed by atoms with Crippen molar-refractivity contribution in [3.8, 4) is 11.5 Å². The predicted octanol–water partition coefficient (Wildman–Crippen LogP) is 3.37. The number of rotatable bonds is 6. The smallest absolute Gasteiger partial charge is 0.246 e. The molecule has 1 aromatic carbocycles. The predicted molar refractivity (Wildman–Crippen MR) is 88.2 cm³/mol. The van der Waals surface area contributed by atoms with Crippen molar-refractivity contribution < 1.29 is 14.3 Å². The van der Waals surface area contributed by atoms with Gasteiger partial charge in [0.05, 0.1) is 13.7 Å². The highest BCUT2D eigenvalue weighted by molar-refractivity contribution is 5.92. The minimum absolute atomic E-state index is 0.0802. The molecule has 0 atom stereocenters. The van der Waals surface area contributed by atoms with Crippen LogP contribution in [0.3, 0.4) is 0 Å². The van der Waals surface area contributed by atoms with Gasteiger partial charge in [0.25, 0.3) is 0 Å². The van der Waals surface area contributed by atoms with Crippen LogP contribution in [0.5, 0.6) is 11.5 Å². The second-order valence-electron chi connectivity index (χ2n) is 5.98. The first-order chi connectivity index (χ1) is 10.6. The van der Waals surface area contributed by atoms with Crippen molar-refractivity contribution in [3.63, 3.8) is 0 Å². The fraction of sp³-hybridized carbons (Fsp3) is 0.500. The minimum atomic E-state index is 0.0802. The van der Waals surface area contributed by atoms with E-state index in [0.717, 1.165) is 37.2 Å². The third-order valence-corrected chi connectivity index (χ3v) is 3.60. The molecule has 4 nitrogen and oxygen atoms in total. The number of nitrogens with zero attached hydrogens (tertiary/aromatic N) is 1. The number of hydrogen-bond donors (Lipinski definition) is 0. The molecule has 1 amide bonds. The SMILES string of the molecule is COc1cc(C=CC(=O)N2CCCC2)ccc1OCC(C)C. The van der Waals surface area contributed by atoms with E-state index >= 15 is 0 Å². The highest BCUT2D eigenvalue weighted by Gasteiger charge is 2.15. The van der Waals surface area contributed by atoms with Gasteiger partial charge in [0, 0.05) is 19.2 Å². The van der Waals surface area contributed by atoms with Crippen LogP contribution in [-0.2, 0) is 4.79 Å². The molecule has 0 aliphatic carbocycles. The molecule has 1 fully saturated rings. The number of hydrogen-bond acceptors (Lipinski definition) is 3. The topological polar surface area (TPSA) is 38.8 Å². The molecule has 1 aliphatic heterocycles. The van der Waals surface area contributed by atoms with E-state index in [-0.39, 0.29) is 5.91 Å². The van der Waals surface area contributed by atoms with Gasteiger partial charge in [-0.1, -0.05) is 19.9 Å². The number of benzene rings is 1. The van der Waals surface area contributed by atoms with Crippen molar-refractivity contribution in [1.82, 2.24) is 4.90 Å². The van der Waals surface area contributed by atoms with Gasteiger partial charge in [-0.3, -0.25) is 4.79 Å². The minimum Gasteiger partial charge on any atom is -0.493 e. The third-order valence-electron chi connectivity index (χ3n) is 3.60. The molecule has 4 heteroatoms. The van der Waals surface area contributed by atoms with Crippen LogP contribution in [0, 0.1) is 5.92 Å². The summed E-state index contributed by atoms with van der Waals surface area (Å²) in [7, 11) is 1.63. The Bertz CT molecular complexity index is 531. The van der Waals surface area contributed by atoms with E-state index in [2.05, 4.69) is 13.8 Å². The van der Waals surface area contributed by atoms with Gasteiger partial charge in [-0.25, -0.2) is 0 Å². The Hall–Kier alpha value is -1.97. The standard InChI is InChI=1S/C18H25NO3/c1-14(2)13-22-16-8-6-15(12-17(16)21-3)7-9-18(20)19-10-4-5-11-19/h6-9,12,14H,4-5,10-11,13H2,1-3H3. The van der Waals surface area contributed by atoms with Gasteiger partial charge in [0.15, 0.2) is 11.5 Å². The second kappa shape index (κ2) is 7.87. The summed E-state index contributed by atoms with van der Waals surface area (Å²) in [6.45, 7) is 6.60. The van der Waals surface area contributed by atoms with Crippen LogP contribution < -0.4 is 9.47 Å². The fourth-order valence-corrected chi connectivity index (χ4v) is 2.37. The number of amides is 1. The van der Waals surface area contributed by atoms with Crippen molar-refractivity contribution >= 4 is 12.0 Å². The summed E-state index contributed by atoms with van der Waals surface area (Å²) in [6.07, 6.45) is 5.68. The molecule has 1 heterocycles. The van der Waals surface area contributed by atoms with Gasteiger partial charge in [-0.05, 0) is 42.5 Å². The van der Waals surface area contributed by atoms with Crippen molar-refractivity contribution in [2.45, 2.75) is 26.7 Å². The lowest BCUT2D eigenvalue weighted by molar-refractivity contribution is -0.124. The summed E-state index contributed by atoms with van der Waals surface area (Å²) in [5, 5.41) is 0. The largest absolute Gasteiger partial charge is 0.493 e. The number of carbonyl (C=O) groups excluding carboxylic acids is 1. The highest BCUT2D eigenvalue weighted by Crippen LogP contribution is 2.29. The van der Waals surface area contributed by atoms with E-state index in [4.69, 9.17) is 9.47 Å². The molecule has 2 rings (SSSR count). The Morgan fingerprint density at radius 3 is 2.64 bits per heavy atom. The van der Waals surface area contributed by atoms with Crippen LogP contribution in [0.4, 0.5) is 0 Å². The quantitative estimate of drug-likeness (QED) is 0.756. The summed E-state index contributed by atoms with van der Waals surface area (Å²) in [5.41, 5.74) is 0.932. The maximum absolute atomic E-state index is 12.0. The van der Waals surface area contributed by atoms with Crippen LogP contribution in [0.15, 0.2) is 24.3 Å². The Labute approximate surface area is 132 Å². The van der Waals surface area contributed by atoms with Gasteiger partial charge in [0.2, 0.25) is 5.91 Å². The van der Waals surface area contributed by atoms with Crippen LogP contribution in [0.25, 0.3) is 6.08 Å². The zero-order valence-corrected chi connectivity index (χ0v) is 13.7. The number of ether oxygens (including phenoxy) is 2. The molecule has 0 N–H and O–H groups in total. The molecule has 0 bridgehead atoms. The van der Waals surface area contributed by atoms with Crippen molar-refractivity contribution in [3.05, 3.63) is 29.8 Å². The van der Waals surface area contributed by atoms with E-state index < -0.39 is 0 Å². The van der Waals surface area contributed by atoms with Crippen LogP contribution in [-0.4, -0.2) is 37.6 Å². The second-order valence-corrected chi connectivity index (χ2v) is 5.98. The summed E-state index contributed by atoms with van der Waals surface area (Å²) < 4.78 is 11.1. The lowest BCUT2D eigenvalue weighted by Crippen LogP contribution is -2.25. The first kappa shape index (κ1) is 16.4. The molecule has 22 heavy (non-hydrogen) atoms. The lowest BCUT2D eigenvalue weighted by Gasteiger charge is -2.13. The van der Waals surface area contributed by atoms with Gasteiger partial charge >= 0.3 is 0 Å². The monoisotopic (exact) mass is 303 g/mol. The Balaban J connectivity index is 2.03. The molecular formula is C18H25NO3. The average Bonchev–Trinajstić information content (AvgIpc) is 3.05. The molecule has 0 unspecified atom stereocenters. The summed E-state index contributed by atoms with van der Waals surface area (Å²) >= 11 is 0. The van der Waals surface area contributed by atoms with E-state index in [1.165, 1.54) is 0 Å². The van der Waals surface area contributed by atoms with E-state index in [1.807, 2.05) is 29.2 Å². The fourth-order valence-electron chi connectivity index (χ4n) is 2.37. The molecular weight excluding hydrogens is 278 g/mol. The zero-order chi connectivity index (χ0) is 15.9. The van der Waals surface area contributed by atoms with Crippen molar-refractivity contribution in [2.75, 3.05) is 26.8 Å². The highest BCUT2D eigenvalue weighted by atomic mass is 16.5. The Kier molecular flexibility index (Phi) is 5.87. The first-order valence-electron chi connectivity index (χ1n) is 7.88. The molecule has 0 spiro atoms. The summed E-state index contributed by atoms with van der Waals surface area (Å²) in [5.74, 6) is 1.97. The van der Waals surface area contributed by atoms with Crippen molar-refractivity contribution in [2.24, 2.45) is 5.92 Å².